The third kappa shape index (κ3) is 6.27. The van der Waals surface area contributed by atoms with Gasteiger partial charge in [0, 0.05) is 18.8 Å². The number of hydrogen-bond acceptors (Lipinski definition) is 3. The summed E-state index contributed by atoms with van der Waals surface area (Å²) in [5.74, 6) is 0.867. The molecule has 1 saturated carbocycles. The number of nitrogens with one attached hydrogen (secondary N) is 2. The zero-order valence-corrected chi connectivity index (χ0v) is 16.9. The number of hydrogen-bond donors (Lipinski definition) is 2. The minimum atomic E-state index is -0.208. The summed E-state index contributed by atoms with van der Waals surface area (Å²) < 4.78 is 5.96. The van der Waals surface area contributed by atoms with Crippen LogP contribution < -0.4 is 15.4 Å². The van der Waals surface area contributed by atoms with Crippen LogP contribution in [0, 0.1) is 0 Å². The predicted molar refractivity (Wildman–Crippen MR) is 114 cm³/mol. The van der Waals surface area contributed by atoms with Gasteiger partial charge in [0.25, 0.3) is 0 Å². The number of amides is 2. The Morgan fingerprint density at radius 2 is 1.82 bits per heavy atom. The molecule has 28 heavy (non-hydrogen) atoms. The van der Waals surface area contributed by atoms with Gasteiger partial charge in [-0.3, -0.25) is 0 Å². The van der Waals surface area contributed by atoms with E-state index in [0.29, 0.717) is 12.6 Å². The molecule has 0 aromatic heterocycles. The Hall–Kier alpha value is -2.53. The van der Waals surface area contributed by atoms with Crippen molar-refractivity contribution in [2.75, 3.05) is 18.9 Å². The average molecular weight is 382 g/mol. The summed E-state index contributed by atoms with van der Waals surface area (Å²) in [4.78, 5) is 14.4. The lowest BCUT2D eigenvalue weighted by Crippen LogP contribution is -2.28. The molecule has 0 radical (unpaired) electrons. The van der Waals surface area contributed by atoms with Crippen molar-refractivity contribution < 1.29 is 9.53 Å². The molecule has 150 valence electrons. The van der Waals surface area contributed by atoms with Crippen molar-refractivity contribution >= 4 is 11.7 Å². The van der Waals surface area contributed by atoms with Gasteiger partial charge in [0.15, 0.2) is 0 Å². The number of benzene rings is 2. The van der Waals surface area contributed by atoms with Crippen LogP contribution in [0.3, 0.4) is 0 Å². The lowest BCUT2D eigenvalue weighted by molar-refractivity contribution is 0.210. The topological polar surface area (TPSA) is 53.6 Å². The zero-order valence-electron chi connectivity index (χ0n) is 16.9. The van der Waals surface area contributed by atoms with Crippen molar-refractivity contribution in [1.82, 2.24) is 10.2 Å². The van der Waals surface area contributed by atoms with Gasteiger partial charge in [-0.05, 0) is 74.7 Å². The van der Waals surface area contributed by atoms with E-state index >= 15 is 0 Å². The fourth-order valence-corrected chi connectivity index (χ4v) is 3.43. The highest BCUT2D eigenvalue weighted by Gasteiger charge is 2.16. The zero-order chi connectivity index (χ0) is 19.8. The standard InChI is InChI=1S/C23H31N3O2/c1-3-26(2)17-19-8-6-7-18(15-19)16-24-23(27)25-20-11-13-22(14-12-20)28-21-9-4-5-10-21/h6-8,11-15,21H,3-5,9-10,16-17H2,1-2H3,(H2,24,25,27). The van der Waals surface area contributed by atoms with Gasteiger partial charge < -0.3 is 20.3 Å². The third-order valence-electron chi connectivity index (χ3n) is 5.15. The van der Waals surface area contributed by atoms with Gasteiger partial charge in [-0.15, -0.1) is 0 Å². The van der Waals surface area contributed by atoms with Crippen LogP contribution in [0.2, 0.25) is 0 Å². The molecule has 1 aliphatic carbocycles. The first-order valence-electron chi connectivity index (χ1n) is 10.2. The van der Waals surface area contributed by atoms with E-state index in [1.54, 1.807) is 0 Å². The van der Waals surface area contributed by atoms with Crippen LogP contribution in [0.5, 0.6) is 5.75 Å². The smallest absolute Gasteiger partial charge is 0.319 e. The second-order valence-electron chi connectivity index (χ2n) is 7.51. The largest absolute Gasteiger partial charge is 0.490 e. The quantitative estimate of drug-likeness (QED) is 0.692. The van der Waals surface area contributed by atoms with Crippen LogP contribution in [0.15, 0.2) is 48.5 Å². The highest BCUT2D eigenvalue weighted by Crippen LogP contribution is 2.25. The Labute approximate surface area is 168 Å². The summed E-state index contributed by atoms with van der Waals surface area (Å²) in [6.45, 7) is 4.56. The third-order valence-corrected chi connectivity index (χ3v) is 5.15. The SMILES string of the molecule is CCN(C)Cc1cccc(CNC(=O)Nc2ccc(OC3CCCC3)cc2)c1. The van der Waals surface area contributed by atoms with Gasteiger partial charge in [0.05, 0.1) is 6.10 Å². The number of carbonyl (C=O) groups excluding carboxylic acids is 1. The maximum absolute atomic E-state index is 12.2. The lowest BCUT2D eigenvalue weighted by Gasteiger charge is -2.15. The molecule has 0 saturated heterocycles. The molecule has 0 unspecified atom stereocenters. The van der Waals surface area contributed by atoms with Gasteiger partial charge in [-0.25, -0.2) is 4.79 Å². The first-order valence-corrected chi connectivity index (χ1v) is 10.2. The van der Waals surface area contributed by atoms with Crippen molar-refractivity contribution in [2.24, 2.45) is 0 Å². The molecule has 3 rings (SSSR count). The minimum Gasteiger partial charge on any atom is -0.490 e. The van der Waals surface area contributed by atoms with Gasteiger partial charge in [-0.2, -0.15) is 0 Å². The molecule has 0 aliphatic heterocycles. The summed E-state index contributed by atoms with van der Waals surface area (Å²) in [7, 11) is 2.10. The number of carbonyl (C=O) groups is 1. The number of urea groups is 1. The van der Waals surface area contributed by atoms with E-state index < -0.39 is 0 Å². The maximum atomic E-state index is 12.2. The van der Waals surface area contributed by atoms with E-state index in [9.17, 15) is 4.79 Å². The molecule has 2 N–H and O–H groups in total. The second-order valence-corrected chi connectivity index (χ2v) is 7.51. The highest BCUT2D eigenvalue weighted by atomic mass is 16.5. The minimum absolute atomic E-state index is 0.208. The Bertz CT molecular complexity index is 755. The lowest BCUT2D eigenvalue weighted by atomic mass is 10.1. The Kier molecular flexibility index (Phi) is 7.31. The van der Waals surface area contributed by atoms with E-state index in [1.165, 1.54) is 18.4 Å². The van der Waals surface area contributed by atoms with Crippen LogP contribution in [-0.2, 0) is 13.1 Å². The van der Waals surface area contributed by atoms with Crippen molar-refractivity contribution in [3.8, 4) is 5.75 Å². The second kappa shape index (κ2) is 10.1. The Balaban J connectivity index is 1.45. The van der Waals surface area contributed by atoms with Gasteiger partial charge in [0.1, 0.15) is 5.75 Å². The van der Waals surface area contributed by atoms with Crippen LogP contribution >= 0.6 is 0 Å². The number of nitrogens with zero attached hydrogens (tertiary/aromatic N) is 1. The number of rotatable bonds is 8. The van der Waals surface area contributed by atoms with E-state index in [2.05, 4.69) is 41.6 Å². The van der Waals surface area contributed by atoms with Crippen molar-refractivity contribution in [2.45, 2.75) is 51.8 Å². The molecule has 2 aromatic rings. The van der Waals surface area contributed by atoms with Crippen LogP contribution in [0.1, 0.15) is 43.7 Å². The molecule has 0 bridgehead atoms. The molecule has 5 nitrogen and oxygen atoms in total. The van der Waals surface area contributed by atoms with Gasteiger partial charge in [0.2, 0.25) is 0 Å². The van der Waals surface area contributed by atoms with Crippen molar-refractivity contribution in [3.05, 3.63) is 59.7 Å². The highest BCUT2D eigenvalue weighted by molar-refractivity contribution is 5.89. The average Bonchev–Trinajstić information content (AvgIpc) is 3.21. The fraction of sp³-hybridized carbons (Fsp3) is 0.435. The van der Waals surface area contributed by atoms with Crippen molar-refractivity contribution in [1.29, 1.82) is 0 Å². The summed E-state index contributed by atoms with van der Waals surface area (Å²) in [6, 6.07) is 15.7. The molecule has 0 spiro atoms. The van der Waals surface area contributed by atoms with Crippen LogP contribution in [0.25, 0.3) is 0 Å². The van der Waals surface area contributed by atoms with Crippen molar-refractivity contribution in [3.63, 3.8) is 0 Å². The number of ether oxygens (including phenoxy) is 1. The van der Waals surface area contributed by atoms with Crippen LogP contribution in [-0.4, -0.2) is 30.6 Å². The fourth-order valence-electron chi connectivity index (χ4n) is 3.43. The van der Waals surface area contributed by atoms with E-state index in [1.807, 2.05) is 36.4 Å². The summed E-state index contributed by atoms with van der Waals surface area (Å²) in [6.07, 6.45) is 5.12. The van der Waals surface area contributed by atoms with Gasteiger partial charge >= 0.3 is 6.03 Å². The molecule has 1 fully saturated rings. The van der Waals surface area contributed by atoms with E-state index in [0.717, 1.165) is 42.9 Å². The Morgan fingerprint density at radius 1 is 1.11 bits per heavy atom. The molecule has 1 aliphatic rings. The first kappa shape index (κ1) is 20.2. The molecule has 0 heterocycles. The molecule has 5 heteroatoms. The molecule has 2 amide bonds. The maximum Gasteiger partial charge on any atom is 0.319 e. The monoisotopic (exact) mass is 381 g/mol. The first-order chi connectivity index (χ1) is 13.6. The molecular formula is C23H31N3O2. The molecule has 2 aromatic carbocycles. The summed E-state index contributed by atoms with van der Waals surface area (Å²) >= 11 is 0. The molecular weight excluding hydrogens is 350 g/mol. The summed E-state index contributed by atoms with van der Waals surface area (Å²) in [5.41, 5.74) is 3.11. The number of anilines is 1. The normalized spacial score (nSPS) is 14.2. The van der Waals surface area contributed by atoms with E-state index in [4.69, 9.17) is 4.74 Å². The Morgan fingerprint density at radius 3 is 2.54 bits per heavy atom. The molecule has 0 atom stereocenters. The predicted octanol–water partition coefficient (Wildman–Crippen LogP) is 4.78. The summed E-state index contributed by atoms with van der Waals surface area (Å²) in [5, 5.41) is 5.80. The van der Waals surface area contributed by atoms with Crippen LogP contribution in [0.4, 0.5) is 10.5 Å². The van der Waals surface area contributed by atoms with Gasteiger partial charge in [-0.1, -0.05) is 31.2 Å². The van der Waals surface area contributed by atoms with E-state index in [-0.39, 0.29) is 6.03 Å².